The van der Waals surface area contributed by atoms with E-state index >= 15 is 0 Å². The monoisotopic (exact) mass is 528 g/mol. The van der Waals surface area contributed by atoms with Crippen LogP contribution in [0.5, 0.6) is 0 Å². The second-order valence-electron chi connectivity index (χ2n) is 8.20. The predicted octanol–water partition coefficient (Wildman–Crippen LogP) is 6.39. The Kier molecular flexibility index (Phi) is 11.0. The van der Waals surface area contributed by atoms with Crippen molar-refractivity contribution in [3.63, 3.8) is 0 Å². The molecule has 0 saturated heterocycles. The van der Waals surface area contributed by atoms with Crippen LogP contribution in [0.1, 0.15) is 30.0 Å². The molecule has 2 amide bonds. The smallest absolute Gasteiger partial charge is 0.243 e. The summed E-state index contributed by atoms with van der Waals surface area (Å²) in [6.07, 6.45) is 1.26. The number of benzene rings is 3. The van der Waals surface area contributed by atoms with Crippen LogP contribution in [-0.4, -0.2) is 35.1 Å². The zero-order chi connectivity index (χ0) is 25.0. The number of rotatable bonds is 12. The Morgan fingerprint density at radius 2 is 1.49 bits per heavy atom. The lowest BCUT2D eigenvalue weighted by molar-refractivity contribution is -0.139. The Hall–Kier alpha value is -2.47. The normalized spacial score (nSPS) is 11.6. The first-order valence-electron chi connectivity index (χ1n) is 11.6. The molecular formula is C28H30Cl2N2O2S. The molecule has 35 heavy (non-hydrogen) atoms. The average molecular weight is 530 g/mol. The van der Waals surface area contributed by atoms with Gasteiger partial charge in [0.05, 0.1) is 5.75 Å². The van der Waals surface area contributed by atoms with E-state index in [0.717, 1.165) is 23.1 Å². The van der Waals surface area contributed by atoms with Crippen molar-refractivity contribution in [2.24, 2.45) is 0 Å². The van der Waals surface area contributed by atoms with Gasteiger partial charge in [-0.15, -0.1) is 11.8 Å². The van der Waals surface area contributed by atoms with Gasteiger partial charge in [-0.05, 0) is 35.2 Å². The van der Waals surface area contributed by atoms with Crippen molar-refractivity contribution in [2.45, 2.75) is 38.1 Å². The minimum absolute atomic E-state index is 0.102. The summed E-state index contributed by atoms with van der Waals surface area (Å²) in [4.78, 5) is 28.6. The van der Waals surface area contributed by atoms with E-state index in [2.05, 4.69) is 5.32 Å². The summed E-state index contributed by atoms with van der Waals surface area (Å²) in [6, 6.07) is 24.3. The van der Waals surface area contributed by atoms with Crippen LogP contribution in [0.3, 0.4) is 0 Å². The maximum Gasteiger partial charge on any atom is 0.243 e. The number of hydrogen-bond donors (Lipinski definition) is 1. The Morgan fingerprint density at radius 1 is 0.886 bits per heavy atom. The van der Waals surface area contributed by atoms with E-state index in [1.54, 1.807) is 23.1 Å². The Morgan fingerprint density at radius 3 is 2.09 bits per heavy atom. The third-order valence-corrected chi connectivity index (χ3v) is 7.20. The average Bonchev–Trinajstić information content (AvgIpc) is 2.87. The van der Waals surface area contributed by atoms with Crippen LogP contribution in [-0.2, 0) is 28.3 Å². The number of halogens is 2. The quantitative estimate of drug-likeness (QED) is 0.296. The molecule has 7 heteroatoms. The molecule has 1 N–H and O–H groups in total. The van der Waals surface area contributed by atoms with Crippen LogP contribution >= 0.6 is 35.0 Å². The lowest BCUT2D eigenvalue weighted by Crippen LogP contribution is -2.51. The third kappa shape index (κ3) is 8.31. The molecule has 0 spiro atoms. The summed E-state index contributed by atoms with van der Waals surface area (Å²) in [7, 11) is 0. The van der Waals surface area contributed by atoms with Crippen LogP contribution in [0.25, 0.3) is 0 Å². The number of carbonyl (C=O) groups is 2. The number of carbonyl (C=O) groups excluding carboxylic acids is 2. The van der Waals surface area contributed by atoms with Crippen molar-refractivity contribution < 1.29 is 9.59 Å². The molecule has 3 rings (SSSR count). The van der Waals surface area contributed by atoms with Gasteiger partial charge in [-0.2, -0.15) is 0 Å². The summed E-state index contributed by atoms with van der Waals surface area (Å²) in [6.45, 7) is 2.93. The van der Waals surface area contributed by atoms with Crippen LogP contribution in [0.2, 0.25) is 10.0 Å². The molecule has 3 aromatic carbocycles. The Balaban J connectivity index is 1.82. The first kappa shape index (κ1) is 27.1. The number of hydrogen-bond acceptors (Lipinski definition) is 3. The molecule has 0 saturated carbocycles. The zero-order valence-electron chi connectivity index (χ0n) is 19.8. The number of nitrogens with zero attached hydrogens (tertiary/aromatic N) is 1. The van der Waals surface area contributed by atoms with E-state index in [0.29, 0.717) is 35.3 Å². The van der Waals surface area contributed by atoms with Crippen molar-refractivity contribution in [3.05, 3.63) is 106 Å². The van der Waals surface area contributed by atoms with Gasteiger partial charge in [0.25, 0.3) is 0 Å². The largest absolute Gasteiger partial charge is 0.354 e. The van der Waals surface area contributed by atoms with Crippen molar-refractivity contribution in [1.82, 2.24) is 10.2 Å². The van der Waals surface area contributed by atoms with Gasteiger partial charge in [-0.3, -0.25) is 9.59 Å². The van der Waals surface area contributed by atoms with E-state index in [-0.39, 0.29) is 17.6 Å². The lowest BCUT2D eigenvalue weighted by atomic mass is 10.0. The maximum absolute atomic E-state index is 13.6. The van der Waals surface area contributed by atoms with Gasteiger partial charge in [-0.1, -0.05) is 96.9 Å². The Bertz CT molecular complexity index is 1080. The van der Waals surface area contributed by atoms with Gasteiger partial charge in [-0.25, -0.2) is 0 Å². The fraction of sp³-hybridized carbons (Fsp3) is 0.286. The summed E-state index contributed by atoms with van der Waals surface area (Å²) < 4.78 is 0. The van der Waals surface area contributed by atoms with Gasteiger partial charge in [0.15, 0.2) is 0 Å². The van der Waals surface area contributed by atoms with Gasteiger partial charge in [0.2, 0.25) is 11.8 Å². The molecular weight excluding hydrogens is 499 g/mol. The standard InChI is InChI=1S/C28H30Cl2N2O2S/c1-2-16-31-28(34)26(17-21-10-5-3-6-11-21)32(18-22-12-7-4-8-13-22)27(33)20-35-19-23-24(29)14-9-15-25(23)30/h3-15,26H,2,16-20H2,1H3,(H,31,34)/t26-/m1/s1. The zero-order valence-corrected chi connectivity index (χ0v) is 22.1. The van der Waals surface area contributed by atoms with Gasteiger partial charge >= 0.3 is 0 Å². The molecule has 0 unspecified atom stereocenters. The summed E-state index contributed by atoms with van der Waals surface area (Å²) in [5.41, 5.74) is 2.79. The minimum atomic E-state index is -0.624. The minimum Gasteiger partial charge on any atom is -0.354 e. The summed E-state index contributed by atoms with van der Waals surface area (Å²) >= 11 is 14.0. The van der Waals surface area contributed by atoms with E-state index in [1.165, 1.54) is 11.8 Å². The SMILES string of the molecule is CCCNC(=O)[C@@H](Cc1ccccc1)N(Cc1ccccc1)C(=O)CSCc1c(Cl)cccc1Cl. The second-order valence-corrected chi connectivity index (χ2v) is 10.00. The van der Waals surface area contributed by atoms with Crippen molar-refractivity contribution in [3.8, 4) is 0 Å². The molecule has 0 radical (unpaired) electrons. The van der Waals surface area contributed by atoms with Crippen LogP contribution in [0, 0.1) is 0 Å². The van der Waals surface area contributed by atoms with Gasteiger partial charge in [0.1, 0.15) is 6.04 Å². The molecule has 0 aliphatic rings. The topological polar surface area (TPSA) is 49.4 Å². The lowest BCUT2D eigenvalue weighted by Gasteiger charge is -2.31. The van der Waals surface area contributed by atoms with E-state index in [9.17, 15) is 9.59 Å². The van der Waals surface area contributed by atoms with Crippen LogP contribution in [0.4, 0.5) is 0 Å². The number of amides is 2. The third-order valence-electron chi connectivity index (χ3n) is 5.55. The van der Waals surface area contributed by atoms with E-state index < -0.39 is 6.04 Å². The van der Waals surface area contributed by atoms with Crippen LogP contribution < -0.4 is 5.32 Å². The number of nitrogens with one attached hydrogen (secondary N) is 1. The second kappa shape index (κ2) is 14.2. The summed E-state index contributed by atoms with van der Waals surface area (Å²) in [5, 5.41) is 4.16. The first-order valence-corrected chi connectivity index (χ1v) is 13.6. The van der Waals surface area contributed by atoms with Crippen molar-refractivity contribution >= 4 is 46.8 Å². The molecule has 0 bridgehead atoms. The molecule has 0 fully saturated rings. The molecule has 3 aromatic rings. The highest BCUT2D eigenvalue weighted by Gasteiger charge is 2.30. The number of thioether (sulfide) groups is 1. The predicted molar refractivity (Wildman–Crippen MR) is 147 cm³/mol. The molecule has 0 aliphatic heterocycles. The van der Waals surface area contributed by atoms with Crippen molar-refractivity contribution in [2.75, 3.05) is 12.3 Å². The highest BCUT2D eigenvalue weighted by atomic mass is 35.5. The van der Waals surface area contributed by atoms with Crippen LogP contribution in [0.15, 0.2) is 78.9 Å². The Labute approximate surface area is 222 Å². The first-order chi connectivity index (χ1) is 17.0. The van der Waals surface area contributed by atoms with E-state index in [4.69, 9.17) is 23.2 Å². The molecule has 0 heterocycles. The summed E-state index contributed by atoms with van der Waals surface area (Å²) in [5.74, 6) is 0.476. The molecule has 4 nitrogen and oxygen atoms in total. The highest BCUT2D eigenvalue weighted by Crippen LogP contribution is 2.28. The van der Waals surface area contributed by atoms with Gasteiger partial charge in [0, 0.05) is 35.3 Å². The molecule has 1 atom stereocenters. The fourth-order valence-corrected chi connectivity index (χ4v) is 5.34. The van der Waals surface area contributed by atoms with Crippen molar-refractivity contribution in [1.29, 1.82) is 0 Å². The fourth-order valence-electron chi connectivity index (χ4n) is 3.69. The molecule has 0 aromatic heterocycles. The highest BCUT2D eigenvalue weighted by molar-refractivity contribution is 7.99. The van der Waals surface area contributed by atoms with E-state index in [1.807, 2.05) is 67.6 Å². The van der Waals surface area contributed by atoms with Gasteiger partial charge < -0.3 is 10.2 Å². The molecule has 184 valence electrons. The maximum atomic E-state index is 13.6. The molecule has 0 aliphatic carbocycles.